The molecule has 2 heterocycles. The van der Waals surface area contributed by atoms with Crippen LogP contribution in [0.15, 0.2) is 76.7 Å². The van der Waals surface area contributed by atoms with Gasteiger partial charge in [-0.05, 0) is 35.9 Å². The number of benzene rings is 2. The minimum atomic E-state index is -0.892. The number of allylic oxidation sites excluding steroid dienone is 4. The molecular weight excluding hydrogens is 403 g/mol. The number of halogens is 1. The molecule has 29 heavy (non-hydrogen) atoms. The number of nitrogens with one attached hydrogen (secondary N) is 1. The molecule has 3 nitrogen and oxygen atoms in total. The Bertz CT molecular complexity index is 1170. The molecular formula is C23H17FN2OS2. The van der Waals surface area contributed by atoms with E-state index < -0.39 is 6.17 Å². The number of nitrogens with zero attached hydrogens (tertiary/aromatic N) is 1. The first-order chi connectivity index (χ1) is 14.2. The van der Waals surface area contributed by atoms with Gasteiger partial charge in [0.1, 0.15) is 11.2 Å². The van der Waals surface area contributed by atoms with Gasteiger partial charge in [-0.2, -0.15) is 0 Å². The van der Waals surface area contributed by atoms with Gasteiger partial charge in [0.25, 0.3) is 5.91 Å². The maximum absolute atomic E-state index is 13.3. The second kappa shape index (κ2) is 7.61. The Morgan fingerprint density at radius 1 is 1.17 bits per heavy atom. The predicted molar refractivity (Wildman–Crippen MR) is 117 cm³/mol. The van der Waals surface area contributed by atoms with E-state index in [2.05, 4.69) is 22.4 Å². The molecule has 0 spiro atoms. The van der Waals surface area contributed by atoms with Gasteiger partial charge in [0, 0.05) is 39.3 Å². The molecule has 0 saturated carbocycles. The van der Waals surface area contributed by atoms with Gasteiger partial charge in [0.15, 0.2) is 0 Å². The summed E-state index contributed by atoms with van der Waals surface area (Å²) in [4.78, 5) is 20.2. The van der Waals surface area contributed by atoms with Crippen molar-refractivity contribution in [1.82, 2.24) is 4.98 Å². The molecule has 2 aromatic carbocycles. The van der Waals surface area contributed by atoms with Crippen LogP contribution in [0.25, 0.3) is 5.57 Å². The summed E-state index contributed by atoms with van der Waals surface area (Å²) in [6.45, 7) is 0. The number of alkyl halides is 1. The van der Waals surface area contributed by atoms with Crippen LogP contribution in [-0.4, -0.2) is 17.1 Å². The Morgan fingerprint density at radius 3 is 2.93 bits per heavy atom. The SMILES string of the molecule is O=C1Nc2cc(Cc3cnc(C4=CCC(F)C=C4)s3)ccc2Sc2ccccc21. The molecule has 1 aromatic heterocycles. The number of fused-ring (bicyclic) bond motifs is 2. The maximum atomic E-state index is 13.3. The molecule has 1 atom stereocenters. The van der Waals surface area contributed by atoms with Crippen LogP contribution in [-0.2, 0) is 6.42 Å². The molecule has 1 aliphatic heterocycles. The molecule has 144 valence electrons. The van der Waals surface area contributed by atoms with Crippen molar-refractivity contribution in [2.24, 2.45) is 0 Å². The van der Waals surface area contributed by atoms with Crippen molar-refractivity contribution in [3.05, 3.63) is 87.9 Å². The number of thiazole rings is 1. The number of carbonyl (C=O) groups is 1. The van der Waals surface area contributed by atoms with E-state index in [1.54, 1.807) is 29.2 Å². The molecule has 3 aromatic rings. The van der Waals surface area contributed by atoms with Gasteiger partial charge >= 0.3 is 0 Å². The van der Waals surface area contributed by atoms with E-state index >= 15 is 0 Å². The largest absolute Gasteiger partial charge is 0.321 e. The molecule has 1 aliphatic carbocycles. The van der Waals surface area contributed by atoms with Crippen LogP contribution < -0.4 is 5.32 Å². The van der Waals surface area contributed by atoms with E-state index in [1.165, 1.54) is 0 Å². The standard InChI is InChI=1S/C23H17FN2OS2/c24-16-8-6-15(7-9-16)23-25-13-17(28-23)11-14-5-10-21-19(12-14)26-22(27)18-3-1-2-4-20(18)29-21/h1-8,10,12-13,16H,9,11H2,(H,26,27). The summed E-state index contributed by atoms with van der Waals surface area (Å²) < 4.78 is 13.3. The number of aromatic nitrogens is 1. The number of anilines is 1. The lowest BCUT2D eigenvalue weighted by Crippen LogP contribution is -2.11. The Hall–Kier alpha value is -2.70. The highest BCUT2D eigenvalue weighted by atomic mass is 32.2. The Balaban J connectivity index is 1.37. The monoisotopic (exact) mass is 420 g/mol. The molecule has 5 rings (SSSR count). The van der Waals surface area contributed by atoms with Gasteiger partial charge in [0.2, 0.25) is 0 Å². The van der Waals surface area contributed by atoms with Crippen LogP contribution >= 0.6 is 23.1 Å². The molecule has 0 fully saturated rings. The van der Waals surface area contributed by atoms with Crippen molar-refractivity contribution in [2.75, 3.05) is 5.32 Å². The highest BCUT2D eigenvalue weighted by Crippen LogP contribution is 2.39. The normalized spacial score (nSPS) is 17.8. The highest BCUT2D eigenvalue weighted by molar-refractivity contribution is 7.99. The minimum absolute atomic E-state index is 0.0775. The predicted octanol–water partition coefficient (Wildman–Crippen LogP) is 6.13. The smallest absolute Gasteiger partial charge is 0.256 e. The summed E-state index contributed by atoms with van der Waals surface area (Å²) in [6.07, 6.45) is 7.43. The Morgan fingerprint density at radius 2 is 2.07 bits per heavy atom. The molecule has 6 heteroatoms. The molecule has 0 radical (unpaired) electrons. The first kappa shape index (κ1) is 18.3. The fraction of sp³-hybridized carbons (Fsp3) is 0.130. The molecule has 1 unspecified atom stereocenters. The fourth-order valence-corrected chi connectivity index (χ4v) is 5.38. The summed E-state index contributed by atoms with van der Waals surface area (Å²) in [5.41, 5.74) is 3.64. The summed E-state index contributed by atoms with van der Waals surface area (Å²) >= 11 is 3.23. The average molecular weight is 421 g/mol. The van der Waals surface area contributed by atoms with Crippen LogP contribution in [0.4, 0.5) is 10.1 Å². The van der Waals surface area contributed by atoms with Gasteiger partial charge in [-0.3, -0.25) is 4.79 Å². The van der Waals surface area contributed by atoms with Crippen molar-refractivity contribution in [3.63, 3.8) is 0 Å². The number of rotatable bonds is 3. The molecule has 1 amide bonds. The summed E-state index contributed by atoms with van der Waals surface area (Å²) in [5.74, 6) is -0.0775. The lowest BCUT2D eigenvalue weighted by atomic mass is 10.1. The van der Waals surface area contributed by atoms with Gasteiger partial charge in [-0.25, -0.2) is 9.37 Å². The van der Waals surface area contributed by atoms with Crippen molar-refractivity contribution in [3.8, 4) is 0 Å². The lowest BCUT2D eigenvalue weighted by Gasteiger charge is -2.08. The van der Waals surface area contributed by atoms with Crippen LogP contribution in [0.2, 0.25) is 0 Å². The minimum Gasteiger partial charge on any atom is -0.321 e. The van der Waals surface area contributed by atoms with Crippen LogP contribution in [0.5, 0.6) is 0 Å². The van der Waals surface area contributed by atoms with Crippen molar-refractivity contribution >= 4 is 40.3 Å². The third-order valence-electron chi connectivity index (χ3n) is 4.87. The van der Waals surface area contributed by atoms with E-state index in [0.29, 0.717) is 12.0 Å². The first-order valence-electron chi connectivity index (χ1n) is 9.34. The Labute approximate surface area is 176 Å². The van der Waals surface area contributed by atoms with Crippen LogP contribution in [0.3, 0.4) is 0 Å². The number of hydrogen-bond donors (Lipinski definition) is 1. The molecule has 0 saturated heterocycles. The maximum Gasteiger partial charge on any atom is 0.256 e. The second-order valence-corrected chi connectivity index (χ2v) is 9.16. The van der Waals surface area contributed by atoms with Gasteiger partial charge in [0.05, 0.1) is 11.3 Å². The quantitative estimate of drug-likeness (QED) is 0.554. The van der Waals surface area contributed by atoms with E-state index in [1.807, 2.05) is 48.7 Å². The van der Waals surface area contributed by atoms with Crippen LogP contribution in [0, 0.1) is 0 Å². The van der Waals surface area contributed by atoms with Gasteiger partial charge in [-0.1, -0.05) is 42.1 Å². The van der Waals surface area contributed by atoms with Crippen molar-refractivity contribution in [2.45, 2.75) is 28.8 Å². The lowest BCUT2D eigenvalue weighted by molar-refractivity contribution is 0.102. The van der Waals surface area contributed by atoms with E-state index in [9.17, 15) is 9.18 Å². The molecule has 2 aliphatic rings. The highest BCUT2D eigenvalue weighted by Gasteiger charge is 2.20. The number of hydrogen-bond acceptors (Lipinski definition) is 4. The molecule has 1 N–H and O–H groups in total. The van der Waals surface area contributed by atoms with Crippen LogP contribution in [0.1, 0.15) is 32.2 Å². The number of amides is 1. The Kier molecular flexibility index (Phi) is 4.81. The first-order valence-corrected chi connectivity index (χ1v) is 11.0. The number of carbonyl (C=O) groups excluding carboxylic acids is 1. The topological polar surface area (TPSA) is 42.0 Å². The third kappa shape index (κ3) is 3.78. The van der Waals surface area contributed by atoms with Crippen molar-refractivity contribution < 1.29 is 9.18 Å². The zero-order chi connectivity index (χ0) is 19.8. The van der Waals surface area contributed by atoms with E-state index in [4.69, 9.17) is 0 Å². The van der Waals surface area contributed by atoms with Gasteiger partial charge < -0.3 is 5.32 Å². The summed E-state index contributed by atoms with van der Waals surface area (Å²) in [5, 5.41) is 3.95. The third-order valence-corrected chi connectivity index (χ3v) is 7.07. The van der Waals surface area contributed by atoms with Gasteiger partial charge in [-0.15, -0.1) is 11.3 Å². The molecule has 0 bridgehead atoms. The van der Waals surface area contributed by atoms with E-state index in [-0.39, 0.29) is 5.91 Å². The zero-order valence-corrected chi connectivity index (χ0v) is 17.0. The fourth-order valence-electron chi connectivity index (χ4n) is 3.40. The zero-order valence-electron chi connectivity index (χ0n) is 15.4. The second-order valence-electron chi connectivity index (χ2n) is 6.96. The summed E-state index contributed by atoms with van der Waals surface area (Å²) in [6, 6.07) is 13.9. The summed E-state index contributed by atoms with van der Waals surface area (Å²) in [7, 11) is 0. The van der Waals surface area contributed by atoms with E-state index in [0.717, 1.165) is 42.9 Å². The van der Waals surface area contributed by atoms with Crippen molar-refractivity contribution in [1.29, 1.82) is 0 Å². The average Bonchev–Trinajstić information content (AvgIpc) is 3.13.